The van der Waals surface area contributed by atoms with Crippen molar-refractivity contribution in [3.05, 3.63) is 59.7 Å². The molecule has 1 heterocycles. The van der Waals surface area contributed by atoms with Gasteiger partial charge in [0.15, 0.2) is 0 Å². The average molecular weight is 424 g/mol. The first-order chi connectivity index (χ1) is 14.9. The van der Waals surface area contributed by atoms with Gasteiger partial charge in [-0.15, -0.1) is 0 Å². The van der Waals surface area contributed by atoms with Gasteiger partial charge < -0.3 is 10.1 Å². The highest BCUT2D eigenvalue weighted by molar-refractivity contribution is 6.12. The Hall–Kier alpha value is -2.86. The Labute approximate surface area is 185 Å². The molecule has 1 N–H and O–H groups in total. The van der Waals surface area contributed by atoms with Gasteiger partial charge in [-0.2, -0.15) is 0 Å². The molecule has 0 atom stereocenters. The van der Waals surface area contributed by atoms with E-state index in [1.807, 2.05) is 62.4 Å². The maximum atomic E-state index is 13.1. The molecule has 0 unspecified atom stereocenters. The normalized spacial score (nSPS) is 15.2. The molecule has 2 aromatic rings. The monoisotopic (exact) mass is 423 g/mol. The van der Waals surface area contributed by atoms with Crippen molar-refractivity contribution < 1.29 is 14.3 Å². The Morgan fingerprint density at radius 2 is 1.71 bits per heavy atom. The smallest absolute Gasteiger partial charge is 0.260 e. The number of imide groups is 1. The van der Waals surface area contributed by atoms with Gasteiger partial charge in [0.2, 0.25) is 5.91 Å². The molecule has 1 aliphatic rings. The van der Waals surface area contributed by atoms with E-state index in [4.69, 9.17) is 4.74 Å². The number of carbonyl (C=O) groups is 2. The summed E-state index contributed by atoms with van der Waals surface area (Å²) < 4.78 is 5.39. The first-order valence-electron chi connectivity index (χ1n) is 10.9. The number of carbonyl (C=O) groups excluding carboxylic acids is 2. The second-order valence-electron chi connectivity index (χ2n) is 8.40. The van der Waals surface area contributed by atoms with E-state index in [2.05, 4.69) is 17.1 Å². The molecule has 166 valence electrons. The summed E-state index contributed by atoms with van der Waals surface area (Å²) >= 11 is 0. The summed E-state index contributed by atoms with van der Waals surface area (Å²) in [5, 5.41) is 3.42. The highest BCUT2D eigenvalue weighted by Crippen LogP contribution is 2.34. The van der Waals surface area contributed by atoms with Crippen LogP contribution in [-0.2, 0) is 10.2 Å². The van der Waals surface area contributed by atoms with E-state index in [0.717, 1.165) is 43.1 Å². The lowest BCUT2D eigenvalue weighted by atomic mass is 9.77. The highest BCUT2D eigenvalue weighted by Gasteiger charge is 2.43. The molecule has 0 radical (unpaired) electrons. The number of anilines is 1. The maximum Gasteiger partial charge on any atom is 0.260 e. The summed E-state index contributed by atoms with van der Waals surface area (Å²) in [5.74, 6) is 0.498. The molecule has 1 aliphatic heterocycles. The zero-order valence-corrected chi connectivity index (χ0v) is 19.0. The van der Waals surface area contributed by atoms with Crippen LogP contribution in [0, 0.1) is 0 Å². The van der Waals surface area contributed by atoms with Crippen LogP contribution < -0.4 is 10.1 Å². The van der Waals surface area contributed by atoms with E-state index < -0.39 is 5.41 Å². The molecule has 0 spiro atoms. The number of rotatable bonds is 10. The van der Waals surface area contributed by atoms with E-state index in [0.29, 0.717) is 18.7 Å². The fourth-order valence-corrected chi connectivity index (χ4v) is 4.14. The Kier molecular flexibility index (Phi) is 7.33. The molecule has 2 amide bonds. The fraction of sp³-hybridized carbons (Fsp3) is 0.440. The van der Waals surface area contributed by atoms with Crippen LogP contribution in [0.2, 0.25) is 0 Å². The second-order valence-corrected chi connectivity index (χ2v) is 8.40. The molecule has 2 aromatic carbocycles. The number of para-hydroxylation sites is 2. The molecule has 0 saturated carbocycles. The summed E-state index contributed by atoms with van der Waals surface area (Å²) in [6, 6.07) is 15.3. The van der Waals surface area contributed by atoms with E-state index >= 15 is 0 Å². The molecule has 6 heteroatoms. The van der Waals surface area contributed by atoms with Crippen molar-refractivity contribution in [1.82, 2.24) is 9.80 Å². The fourth-order valence-electron chi connectivity index (χ4n) is 4.14. The molecule has 3 rings (SSSR count). The first kappa shape index (κ1) is 22.8. The third-order valence-corrected chi connectivity index (χ3v) is 5.89. The van der Waals surface area contributed by atoms with Crippen molar-refractivity contribution in [2.75, 3.05) is 45.2 Å². The Balaban J connectivity index is 1.63. The SMILES string of the molecule is CCCN(CCNc1ccccc1OC)CCN1C(=O)c2ccccc2C(C)(C)C1=O. The second kappa shape index (κ2) is 9.96. The number of benzene rings is 2. The van der Waals surface area contributed by atoms with Crippen molar-refractivity contribution in [2.45, 2.75) is 32.6 Å². The van der Waals surface area contributed by atoms with Gasteiger partial charge in [0, 0.05) is 31.7 Å². The molecule has 0 saturated heterocycles. The predicted molar refractivity (Wildman–Crippen MR) is 124 cm³/mol. The largest absolute Gasteiger partial charge is 0.495 e. The molecule has 31 heavy (non-hydrogen) atoms. The number of nitrogens with one attached hydrogen (secondary N) is 1. The molecule has 6 nitrogen and oxygen atoms in total. The molecule has 0 aromatic heterocycles. The topological polar surface area (TPSA) is 61.9 Å². The van der Waals surface area contributed by atoms with Crippen LogP contribution in [0.5, 0.6) is 5.75 Å². The Morgan fingerprint density at radius 3 is 2.45 bits per heavy atom. The van der Waals surface area contributed by atoms with Crippen molar-refractivity contribution in [3.63, 3.8) is 0 Å². The minimum Gasteiger partial charge on any atom is -0.495 e. The van der Waals surface area contributed by atoms with Crippen LogP contribution in [0.15, 0.2) is 48.5 Å². The number of ether oxygens (including phenoxy) is 1. The van der Waals surface area contributed by atoms with Gasteiger partial charge in [0.25, 0.3) is 5.91 Å². The minimum absolute atomic E-state index is 0.125. The Morgan fingerprint density at radius 1 is 1.00 bits per heavy atom. The van der Waals surface area contributed by atoms with E-state index in [1.54, 1.807) is 7.11 Å². The van der Waals surface area contributed by atoms with E-state index in [1.165, 1.54) is 4.90 Å². The van der Waals surface area contributed by atoms with Crippen molar-refractivity contribution >= 4 is 17.5 Å². The molecular weight excluding hydrogens is 390 g/mol. The van der Waals surface area contributed by atoms with Crippen LogP contribution in [0.1, 0.15) is 43.1 Å². The van der Waals surface area contributed by atoms with Crippen molar-refractivity contribution in [2.24, 2.45) is 0 Å². The molecule has 0 bridgehead atoms. The quantitative estimate of drug-likeness (QED) is 0.590. The van der Waals surface area contributed by atoms with Gasteiger partial charge in [-0.1, -0.05) is 37.3 Å². The summed E-state index contributed by atoms with van der Waals surface area (Å²) in [4.78, 5) is 29.9. The molecular formula is C25H33N3O3. The number of amides is 2. The summed E-state index contributed by atoms with van der Waals surface area (Å²) in [6.07, 6.45) is 1.00. The van der Waals surface area contributed by atoms with Crippen LogP contribution in [0.3, 0.4) is 0 Å². The van der Waals surface area contributed by atoms with Crippen LogP contribution in [-0.4, -0.2) is 61.4 Å². The van der Waals surface area contributed by atoms with Gasteiger partial charge in [-0.05, 0) is 50.6 Å². The Bertz CT molecular complexity index is 926. The van der Waals surface area contributed by atoms with E-state index in [-0.39, 0.29) is 11.8 Å². The van der Waals surface area contributed by atoms with Gasteiger partial charge in [-0.25, -0.2) is 0 Å². The number of hydrogen-bond acceptors (Lipinski definition) is 5. The number of fused-ring (bicyclic) bond motifs is 1. The zero-order chi connectivity index (χ0) is 22.4. The van der Waals surface area contributed by atoms with Crippen molar-refractivity contribution in [1.29, 1.82) is 0 Å². The lowest BCUT2D eigenvalue weighted by molar-refractivity contribution is -0.134. The van der Waals surface area contributed by atoms with Crippen LogP contribution in [0.4, 0.5) is 5.69 Å². The summed E-state index contributed by atoms with van der Waals surface area (Å²) in [7, 11) is 1.66. The molecule has 0 fully saturated rings. The highest BCUT2D eigenvalue weighted by atomic mass is 16.5. The van der Waals surface area contributed by atoms with Crippen LogP contribution >= 0.6 is 0 Å². The summed E-state index contributed by atoms with van der Waals surface area (Å²) in [6.45, 7) is 9.43. The minimum atomic E-state index is -0.703. The van der Waals surface area contributed by atoms with Crippen LogP contribution in [0.25, 0.3) is 0 Å². The molecule has 0 aliphatic carbocycles. The number of nitrogens with zero attached hydrogens (tertiary/aromatic N) is 2. The van der Waals surface area contributed by atoms with Gasteiger partial charge in [0.05, 0.1) is 18.2 Å². The standard InChI is InChI=1S/C25H33N3O3/c1-5-15-27(16-14-26-21-12-8-9-13-22(21)31-4)17-18-28-23(29)19-10-6-7-11-20(19)25(2,3)24(28)30/h6-13,26H,5,14-18H2,1-4H3. The maximum absolute atomic E-state index is 13.1. The number of methoxy groups -OCH3 is 1. The lowest BCUT2D eigenvalue weighted by Crippen LogP contribution is -2.53. The summed E-state index contributed by atoms with van der Waals surface area (Å²) in [5.41, 5.74) is 1.70. The zero-order valence-electron chi connectivity index (χ0n) is 19.0. The third kappa shape index (κ3) is 4.90. The third-order valence-electron chi connectivity index (χ3n) is 5.89. The van der Waals surface area contributed by atoms with Gasteiger partial charge in [-0.3, -0.25) is 19.4 Å². The average Bonchev–Trinajstić information content (AvgIpc) is 2.78. The predicted octanol–water partition coefficient (Wildman–Crippen LogP) is 3.78. The van der Waals surface area contributed by atoms with Gasteiger partial charge in [0.1, 0.15) is 5.75 Å². The lowest BCUT2D eigenvalue weighted by Gasteiger charge is -2.38. The van der Waals surface area contributed by atoms with E-state index in [9.17, 15) is 9.59 Å². The van der Waals surface area contributed by atoms with Gasteiger partial charge >= 0.3 is 0 Å². The van der Waals surface area contributed by atoms with Crippen molar-refractivity contribution in [3.8, 4) is 5.75 Å². The number of hydrogen-bond donors (Lipinski definition) is 1. The first-order valence-corrected chi connectivity index (χ1v) is 10.9.